The van der Waals surface area contributed by atoms with Gasteiger partial charge in [-0.1, -0.05) is 29.8 Å². The Hall–Kier alpha value is -2.64. The van der Waals surface area contributed by atoms with Gasteiger partial charge in [-0.2, -0.15) is 0 Å². The third-order valence-electron chi connectivity index (χ3n) is 4.47. The molecule has 0 atom stereocenters. The average Bonchev–Trinajstić information content (AvgIpc) is 3.01. The van der Waals surface area contributed by atoms with E-state index in [-0.39, 0.29) is 11.8 Å². The van der Waals surface area contributed by atoms with Crippen molar-refractivity contribution in [2.75, 3.05) is 16.4 Å². The second-order valence-electron chi connectivity index (χ2n) is 6.69. The van der Waals surface area contributed by atoms with Crippen LogP contribution < -0.4 is 10.6 Å². The van der Waals surface area contributed by atoms with Crippen molar-refractivity contribution < 1.29 is 9.59 Å². The van der Waals surface area contributed by atoms with Crippen LogP contribution in [0.25, 0.3) is 0 Å². The molecular formula is C21H19N3O2S2. The van der Waals surface area contributed by atoms with E-state index in [1.807, 2.05) is 13.0 Å². The van der Waals surface area contributed by atoms with Gasteiger partial charge in [-0.3, -0.25) is 14.9 Å². The maximum absolute atomic E-state index is 12.6. The van der Waals surface area contributed by atoms with E-state index in [0.717, 1.165) is 21.9 Å². The zero-order chi connectivity index (χ0) is 19.7. The first-order valence-electron chi connectivity index (χ1n) is 8.88. The van der Waals surface area contributed by atoms with Gasteiger partial charge in [0.25, 0.3) is 5.91 Å². The molecule has 3 aromatic rings. The lowest BCUT2D eigenvalue weighted by atomic mass is 10.1. The van der Waals surface area contributed by atoms with Crippen LogP contribution in [0.2, 0.25) is 0 Å². The van der Waals surface area contributed by atoms with Crippen molar-refractivity contribution in [2.24, 2.45) is 0 Å². The van der Waals surface area contributed by atoms with E-state index in [4.69, 9.17) is 0 Å². The van der Waals surface area contributed by atoms with Crippen LogP contribution in [0.5, 0.6) is 0 Å². The highest BCUT2D eigenvalue weighted by Crippen LogP contribution is 2.32. The highest BCUT2D eigenvalue weighted by atomic mass is 32.2. The van der Waals surface area contributed by atoms with Gasteiger partial charge in [-0.05, 0) is 37.6 Å². The fraction of sp³-hybridized carbons (Fsp3) is 0.190. The average molecular weight is 410 g/mol. The third-order valence-corrected chi connectivity index (χ3v) is 6.62. The van der Waals surface area contributed by atoms with Gasteiger partial charge in [0, 0.05) is 21.8 Å². The standard InChI is InChI=1S/C21H19N3O2S2/c1-12-3-5-14(6-4-12)9-18-13(2)22-21(28-18)24-20(26)15-7-8-17-16(10-15)23-19(25)11-27-17/h3-8,10H,9,11H2,1-2H3,(H,23,25)(H,22,24,26). The normalized spacial score (nSPS) is 13.0. The molecule has 2 amide bonds. The van der Waals surface area contributed by atoms with Crippen LogP contribution in [0.15, 0.2) is 47.4 Å². The number of rotatable bonds is 4. The predicted molar refractivity (Wildman–Crippen MR) is 115 cm³/mol. The quantitative estimate of drug-likeness (QED) is 0.658. The topological polar surface area (TPSA) is 71.1 Å². The number of nitrogens with zero attached hydrogens (tertiary/aromatic N) is 1. The number of aromatic nitrogens is 1. The molecule has 0 saturated heterocycles. The van der Waals surface area contributed by atoms with Gasteiger partial charge in [0.05, 0.1) is 17.1 Å². The second kappa shape index (κ2) is 7.77. The fourth-order valence-electron chi connectivity index (χ4n) is 2.93. The summed E-state index contributed by atoms with van der Waals surface area (Å²) in [6.07, 6.45) is 0.793. The lowest BCUT2D eigenvalue weighted by Crippen LogP contribution is -2.19. The molecule has 4 rings (SSSR count). The number of carbonyl (C=O) groups is 2. The lowest BCUT2D eigenvalue weighted by Gasteiger charge is -2.16. The number of thioether (sulfide) groups is 1. The largest absolute Gasteiger partial charge is 0.324 e. The van der Waals surface area contributed by atoms with Crippen molar-refractivity contribution in [1.82, 2.24) is 4.98 Å². The molecule has 1 aliphatic heterocycles. The van der Waals surface area contributed by atoms with Gasteiger partial charge >= 0.3 is 0 Å². The van der Waals surface area contributed by atoms with E-state index in [9.17, 15) is 9.59 Å². The van der Waals surface area contributed by atoms with Crippen molar-refractivity contribution in [3.05, 3.63) is 69.7 Å². The molecule has 142 valence electrons. The molecule has 2 heterocycles. The van der Waals surface area contributed by atoms with Gasteiger partial charge in [0.2, 0.25) is 5.91 Å². The maximum atomic E-state index is 12.6. The summed E-state index contributed by atoms with van der Waals surface area (Å²) in [6, 6.07) is 13.8. The SMILES string of the molecule is Cc1ccc(Cc2sc(NC(=O)c3ccc4c(c3)NC(=O)CS4)nc2C)cc1. The van der Waals surface area contributed by atoms with E-state index < -0.39 is 0 Å². The van der Waals surface area contributed by atoms with Gasteiger partial charge in [0.15, 0.2) is 5.13 Å². The van der Waals surface area contributed by atoms with E-state index >= 15 is 0 Å². The number of thiazole rings is 1. The number of carbonyl (C=O) groups excluding carboxylic acids is 2. The molecule has 0 saturated carbocycles. The van der Waals surface area contributed by atoms with E-state index in [1.54, 1.807) is 12.1 Å². The molecular weight excluding hydrogens is 390 g/mol. The molecule has 5 nitrogen and oxygen atoms in total. The van der Waals surface area contributed by atoms with E-state index in [1.165, 1.54) is 34.2 Å². The number of hydrogen-bond donors (Lipinski definition) is 2. The molecule has 0 radical (unpaired) electrons. The zero-order valence-corrected chi connectivity index (χ0v) is 17.2. The van der Waals surface area contributed by atoms with Crippen LogP contribution in [0.4, 0.5) is 10.8 Å². The molecule has 1 aromatic heterocycles. The first-order chi connectivity index (χ1) is 13.5. The van der Waals surface area contributed by atoms with Crippen LogP contribution in [-0.4, -0.2) is 22.6 Å². The number of benzene rings is 2. The van der Waals surface area contributed by atoms with Crippen molar-refractivity contribution in [1.29, 1.82) is 0 Å². The molecule has 0 aliphatic carbocycles. The highest BCUT2D eigenvalue weighted by Gasteiger charge is 2.18. The van der Waals surface area contributed by atoms with Gasteiger partial charge in [0.1, 0.15) is 0 Å². The molecule has 7 heteroatoms. The zero-order valence-electron chi connectivity index (χ0n) is 15.5. The number of hydrogen-bond acceptors (Lipinski definition) is 5. The number of nitrogens with one attached hydrogen (secondary N) is 2. The summed E-state index contributed by atoms with van der Waals surface area (Å²) in [5, 5.41) is 6.28. The van der Waals surface area contributed by atoms with E-state index in [0.29, 0.717) is 22.1 Å². The lowest BCUT2D eigenvalue weighted by molar-refractivity contribution is -0.113. The molecule has 1 aliphatic rings. The Kier molecular flexibility index (Phi) is 5.19. The Morgan fingerprint density at radius 3 is 2.75 bits per heavy atom. The number of aryl methyl sites for hydroxylation is 2. The van der Waals surface area contributed by atoms with Crippen molar-refractivity contribution in [3.63, 3.8) is 0 Å². The summed E-state index contributed by atoms with van der Waals surface area (Å²) in [6.45, 7) is 4.03. The van der Waals surface area contributed by atoms with Crippen molar-refractivity contribution >= 4 is 45.7 Å². The first kappa shape index (κ1) is 18.7. The van der Waals surface area contributed by atoms with Gasteiger partial charge in [-0.15, -0.1) is 23.1 Å². The Morgan fingerprint density at radius 1 is 1.18 bits per heavy atom. The molecule has 0 fully saturated rings. The molecule has 2 N–H and O–H groups in total. The predicted octanol–water partition coefficient (Wildman–Crippen LogP) is 4.65. The summed E-state index contributed by atoms with van der Waals surface area (Å²) in [5.74, 6) is 0.121. The van der Waals surface area contributed by atoms with Crippen LogP contribution in [0, 0.1) is 13.8 Å². The van der Waals surface area contributed by atoms with Gasteiger partial charge < -0.3 is 5.32 Å². The molecule has 0 unspecified atom stereocenters. The summed E-state index contributed by atoms with van der Waals surface area (Å²) in [4.78, 5) is 30.8. The summed E-state index contributed by atoms with van der Waals surface area (Å²) in [7, 11) is 0. The Labute approximate surface area is 171 Å². The van der Waals surface area contributed by atoms with Crippen molar-refractivity contribution in [2.45, 2.75) is 25.2 Å². The third kappa shape index (κ3) is 4.10. The minimum Gasteiger partial charge on any atom is -0.324 e. The smallest absolute Gasteiger partial charge is 0.257 e. The molecule has 0 spiro atoms. The summed E-state index contributed by atoms with van der Waals surface area (Å²) < 4.78 is 0. The fourth-order valence-corrected chi connectivity index (χ4v) is 4.71. The number of amides is 2. The van der Waals surface area contributed by atoms with Crippen LogP contribution in [0.1, 0.15) is 32.1 Å². The Balaban J connectivity index is 1.48. The first-order valence-corrected chi connectivity index (χ1v) is 10.7. The minimum absolute atomic E-state index is 0.0497. The van der Waals surface area contributed by atoms with Crippen molar-refractivity contribution in [3.8, 4) is 0 Å². The van der Waals surface area contributed by atoms with Crippen LogP contribution >= 0.6 is 23.1 Å². The minimum atomic E-state index is -0.233. The summed E-state index contributed by atoms with van der Waals surface area (Å²) >= 11 is 2.97. The molecule has 28 heavy (non-hydrogen) atoms. The van der Waals surface area contributed by atoms with Gasteiger partial charge in [-0.25, -0.2) is 4.98 Å². The number of fused-ring (bicyclic) bond motifs is 1. The van der Waals surface area contributed by atoms with Crippen LogP contribution in [-0.2, 0) is 11.2 Å². The summed E-state index contributed by atoms with van der Waals surface area (Å²) in [5.41, 5.74) is 4.56. The molecule has 2 aromatic carbocycles. The number of anilines is 2. The Morgan fingerprint density at radius 2 is 1.96 bits per heavy atom. The monoisotopic (exact) mass is 409 g/mol. The second-order valence-corrected chi connectivity index (χ2v) is 8.79. The highest BCUT2D eigenvalue weighted by molar-refractivity contribution is 8.00. The van der Waals surface area contributed by atoms with E-state index in [2.05, 4.69) is 46.8 Å². The molecule has 0 bridgehead atoms. The van der Waals surface area contributed by atoms with Crippen LogP contribution in [0.3, 0.4) is 0 Å². The Bertz CT molecular complexity index is 1060. The maximum Gasteiger partial charge on any atom is 0.257 e.